The Bertz CT molecular complexity index is 976. The van der Waals surface area contributed by atoms with E-state index in [-0.39, 0.29) is 18.9 Å². The highest BCUT2D eigenvalue weighted by Gasteiger charge is 2.35. The Morgan fingerprint density at radius 2 is 1.55 bits per heavy atom. The van der Waals surface area contributed by atoms with E-state index in [0.717, 1.165) is 11.5 Å². The molecular weight excluding hydrogens is 595 g/mol. The molecule has 0 aliphatic carbocycles. The lowest BCUT2D eigenvalue weighted by Crippen LogP contribution is -2.33. The maximum atomic E-state index is 12.2. The summed E-state index contributed by atoms with van der Waals surface area (Å²) >= 11 is 1.23. The Morgan fingerprint density at radius 3 is 2.14 bits per heavy atom. The first-order chi connectivity index (χ1) is 20.5. The Balaban J connectivity index is 1.42. The first kappa shape index (κ1) is 37.3. The second kappa shape index (κ2) is 23.5. The molecule has 242 valence electrons. The van der Waals surface area contributed by atoms with Crippen LogP contribution >= 0.6 is 33.3 Å². The zero-order chi connectivity index (χ0) is 30.4. The monoisotopic (exact) mass is 647 g/mol. The molecule has 0 radical (unpaired) electrons. The van der Waals surface area contributed by atoms with E-state index in [4.69, 9.17) is 4.74 Å². The number of aromatic amines is 1. The number of carbonyl (C=O) groups is 1. The van der Waals surface area contributed by atoms with E-state index in [1.54, 1.807) is 10.8 Å². The van der Waals surface area contributed by atoms with Gasteiger partial charge in [-0.25, -0.2) is 4.79 Å². The smallest absolute Gasteiger partial charge is 0.330 e. The number of unbranched alkanes of at least 4 members (excludes halogenated alkanes) is 13. The van der Waals surface area contributed by atoms with Gasteiger partial charge in [0.05, 0.1) is 17.6 Å². The van der Waals surface area contributed by atoms with Crippen LogP contribution in [0.4, 0.5) is 0 Å². The molecule has 42 heavy (non-hydrogen) atoms. The van der Waals surface area contributed by atoms with Crippen molar-refractivity contribution in [1.82, 2.24) is 14.9 Å². The zero-order valence-electron chi connectivity index (χ0n) is 25.4. The first-order valence-electron chi connectivity index (χ1n) is 15.9. The summed E-state index contributed by atoms with van der Waals surface area (Å²) in [5, 5.41) is 22.1. The summed E-state index contributed by atoms with van der Waals surface area (Å²) in [6.07, 6.45) is 18.8. The Morgan fingerprint density at radius 1 is 0.952 bits per heavy atom. The SMILES string of the molecule is CCCCCCCCCCCCCCCCSSCCC(=O)NCCSc1cn([C@H]2C[C@H](O)[C@@H](CO)O2)c(=O)[nH]c1=O. The number of amides is 1. The summed E-state index contributed by atoms with van der Waals surface area (Å²) in [5.74, 6) is 2.36. The fourth-order valence-electron chi connectivity index (χ4n) is 4.88. The molecule has 4 N–H and O–H groups in total. The molecule has 2 heterocycles. The predicted molar refractivity (Wildman–Crippen MR) is 177 cm³/mol. The Labute approximate surface area is 263 Å². The van der Waals surface area contributed by atoms with Crippen LogP contribution in [-0.2, 0) is 9.53 Å². The van der Waals surface area contributed by atoms with Gasteiger partial charge in [-0.3, -0.25) is 19.1 Å². The van der Waals surface area contributed by atoms with E-state index in [9.17, 15) is 24.6 Å². The van der Waals surface area contributed by atoms with Crippen LogP contribution in [0.25, 0.3) is 0 Å². The molecule has 1 aliphatic heterocycles. The van der Waals surface area contributed by atoms with Crippen molar-refractivity contribution in [2.75, 3.05) is 30.4 Å². The van der Waals surface area contributed by atoms with Gasteiger partial charge in [0.25, 0.3) is 5.56 Å². The number of ether oxygens (including phenoxy) is 1. The largest absolute Gasteiger partial charge is 0.394 e. The number of thioether (sulfide) groups is 1. The second-order valence-corrected chi connectivity index (χ2v) is 14.8. The minimum absolute atomic E-state index is 0.0116. The van der Waals surface area contributed by atoms with Gasteiger partial charge >= 0.3 is 5.69 Å². The van der Waals surface area contributed by atoms with Gasteiger partial charge in [0.15, 0.2) is 0 Å². The van der Waals surface area contributed by atoms with Gasteiger partial charge in [-0.15, -0.1) is 11.8 Å². The van der Waals surface area contributed by atoms with Gasteiger partial charge in [-0.05, 0) is 6.42 Å². The van der Waals surface area contributed by atoms with Gasteiger partial charge in [0.2, 0.25) is 5.91 Å². The molecule has 0 aromatic carbocycles. The van der Waals surface area contributed by atoms with E-state index in [2.05, 4.69) is 17.2 Å². The van der Waals surface area contributed by atoms with Crippen LogP contribution in [0.2, 0.25) is 0 Å². The fraction of sp³-hybridized carbons (Fsp3) is 0.833. The highest BCUT2D eigenvalue weighted by atomic mass is 33.1. The third-order valence-corrected chi connectivity index (χ3v) is 10.9. The molecule has 3 atom stereocenters. The average molecular weight is 648 g/mol. The average Bonchev–Trinajstić information content (AvgIpc) is 3.35. The maximum Gasteiger partial charge on any atom is 0.330 e. The number of carbonyl (C=O) groups excluding carboxylic acids is 1. The number of H-pyrrole nitrogens is 1. The van der Waals surface area contributed by atoms with Gasteiger partial charge in [-0.1, -0.05) is 112 Å². The summed E-state index contributed by atoms with van der Waals surface area (Å²) < 4.78 is 6.76. The molecule has 0 saturated carbocycles. The standard InChI is InChI=1S/C30H53N3O6S3/c1-2-3-4-5-6-7-8-9-10-11-12-13-14-15-18-41-42-19-16-27(36)31-17-20-40-26-22-33(30(38)32-29(26)37)28-21-24(35)25(23-34)39-28/h22,24-25,28,34-35H,2-21,23H2,1H3,(H,31,36)(H,32,37,38)/t24-,25+,28+/m0/s1. The molecule has 12 heteroatoms. The number of hydrogen-bond acceptors (Lipinski definition) is 9. The van der Waals surface area contributed by atoms with Gasteiger partial charge in [0.1, 0.15) is 12.3 Å². The van der Waals surface area contributed by atoms with Gasteiger partial charge < -0.3 is 20.3 Å². The van der Waals surface area contributed by atoms with Gasteiger partial charge in [0, 0.05) is 42.8 Å². The highest BCUT2D eigenvalue weighted by molar-refractivity contribution is 8.76. The molecule has 1 aliphatic rings. The molecule has 1 aromatic rings. The highest BCUT2D eigenvalue weighted by Crippen LogP contribution is 2.28. The Kier molecular flexibility index (Phi) is 20.8. The van der Waals surface area contributed by atoms with Crippen molar-refractivity contribution < 1.29 is 19.7 Å². The summed E-state index contributed by atoms with van der Waals surface area (Å²) in [7, 11) is 3.60. The number of rotatable bonds is 25. The molecule has 1 amide bonds. The Hall–Kier alpha value is -0.920. The molecule has 1 fully saturated rings. The molecular formula is C30H53N3O6S3. The van der Waals surface area contributed by atoms with Crippen LogP contribution in [-0.4, -0.2) is 68.3 Å². The maximum absolute atomic E-state index is 12.2. The molecule has 1 saturated heterocycles. The minimum Gasteiger partial charge on any atom is -0.394 e. The molecule has 0 bridgehead atoms. The third kappa shape index (κ3) is 15.7. The summed E-state index contributed by atoms with van der Waals surface area (Å²) in [4.78, 5) is 39.1. The van der Waals surface area contributed by atoms with Crippen molar-refractivity contribution in [3.63, 3.8) is 0 Å². The second-order valence-electron chi connectivity index (χ2n) is 11.0. The first-order valence-corrected chi connectivity index (χ1v) is 19.4. The molecule has 0 spiro atoms. The normalized spacial score (nSPS) is 18.5. The number of nitrogens with one attached hydrogen (secondary N) is 2. The fourth-order valence-corrected chi connectivity index (χ4v) is 7.81. The number of hydrogen-bond donors (Lipinski definition) is 4. The van der Waals surface area contributed by atoms with E-state index < -0.39 is 29.7 Å². The quantitative estimate of drug-likeness (QED) is 0.0605. The summed E-state index contributed by atoms with van der Waals surface area (Å²) in [6.45, 7) is 2.32. The minimum atomic E-state index is -0.884. The lowest BCUT2D eigenvalue weighted by molar-refractivity contribution is -0.120. The van der Waals surface area contributed by atoms with E-state index in [1.165, 1.54) is 112 Å². The number of aliphatic hydroxyl groups is 2. The molecule has 1 aromatic heterocycles. The molecule has 0 unspecified atom stereocenters. The van der Waals surface area contributed by atoms with Crippen LogP contribution < -0.4 is 16.6 Å². The predicted octanol–water partition coefficient (Wildman–Crippen LogP) is 5.64. The van der Waals surface area contributed by atoms with Crippen molar-refractivity contribution in [3.8, 4) is 0 Å². The van der Waals surface area contributed by atoms with Crippen LogP contribution in [0.5, 0.6) is 0 Å². The summed E-state index contributed by atoms with van der Waals surface area (Å²) in [6, 6.07) is 0. The lowest BCUT2D eigenvalue weighted by atomic mass is 10.0. The van der Waals surface area contributed by atoms with Crippen LogP contribution in [0.3, 0.4) is 0 Å². The van der Waals surface area contributed by atoms with Crippen molar-refractivity contribution in [1.29, 1.82) is 0 Å². The van der Waals surface area contributed by atoms with Crippen LogP contribution in [0.1, 0.15) is 116 Å². The van der Waals surface area contributed by atoms with E-state index in [0.29, 0.717) is 23.6 Å². The van der Waals surface area contributed by atoms with Crippen LogP contribution in [0, 0.1) is 0 Å². The number of aliphatic hydroxyl groups excluding tert-OH is 2. The lowest BCUT2D eigenvalue weighted by Gasteiger charge is -2.15. The van der Waals surface area contributed by atoms with Crippen molar-refractivity contribution in [2.24, 2.45) is 0 Å². The van der Waals surface area contributed by atoms with E-state index in [1.807, 2.05) is 10.8 Å². The zero-order valence-corrected chi connectivity index (χ0v) is 27.8. The van der Waals surface area contributed by atoms with Crippen molar-refractivity contribution >= 4 is 39.3 Å². The topological polar surface area (TPSA) is 134 Å². The number of aromatic nitrogens is 2. The van der Waals surface area contributed by atoms with Gasteiger partial charge in [-0.2, -0.15) is 0 Å². The molecule has 2 rings (SSSR count). The van der Waals surface area contributed by atoms with Crippen molar-refractivity contribution in [3.05, 3.63) is 27.0 Å². The van der Waals surface area contributed by atoms with Crippen LogP contribution in [0.15, 0.2) is 20.7 Å². The van der Waals surface area contributed by atoms with E-state index >= 15 is 0 Å². The number of nitrogens with zero attached hydrogens (tertiary/aromatic N) is 1. The third-order valence-electron chi connectivity index (χ3n) is 7.39. The van der Waals surface area contributed by atoms with Crippen molar-refractivity contribution in [2.45, 2.75) is 133 Å². The summed E-state index contributed by atoms with van der Waals surface area (Å²) in [5.41, 5.74) is -1.13. The molecule has 9 nitrogen and oxygen atoms in total.